The summed E-state index contributed by atoms with van der Waals surface area (Å²) < 4.78 is 5.54. The molecular formula is C18H28NO2. The van der Waals surface area contributed by atoms with Crippen LogP contribution in [0.4, 0.5) is 0 Å². The molecule has 0 amide bonds. The zero-order valence-electron chi connectivity index (χ0n) is 13.3. The summed E-state index contributed by atoms with van der Waals surface area (Å²) in [6, 6.07) is 3.39. The highest BCUT2D eigenvalue weighted by Gasteiger charge is 1.97. The minimum atomic E-state index is 0.460. The van der Waals surface area contributed by atoms with Gasteiger partial charge in [-0.3, -0.25) is 4.79 Å². The lowest BCUT2D eigenvalue weighted by atomic mass is 10.1. The Labute approximate surface area is 129 Å². The third kappa shape index (κ3) is 9.22. The minimum absolute atomic E-state index is 0.460. The van der Waals surface area contributed by atoms with Gasteiger partial charge in [0, 0.05) is 17.8 Å². The molecule has 0 aromatic carbocycles. The van der Waals surface area contributed by atoms with Crippen molar-refractivity contribution < 1.29 is 9.53 Å². The molecule has 0 saturated heterocycles. The lowest BCUT2D eigenvalue weighted by molar-refractivity contribution is 0.293. The van der Waals surface area contributed by atoms with Crippen LogP contribution in [-0.4, -0.2) is 17.9 Å². The molecule has 0 aliphatic carbocycles. The highest BCUT2D eigenvalue weighted by atomic mass is 16.5. The van der Waals surface area contributed by atoms with Crippen molar-refractivity contribution in [3.63, 3.8) is 0 Å². The molecule has 1 aromatic rings. The first-order valence-corrected chi connectivity index (χ1v) is 8.34. The van der Waals surface area contributed by atoms with Crippen LogP contribution in [0.5, 0.6) is 5.88 Å². The topological polar surface area (TPSA) is 39.2 Å². The van der Waals surface area contributed by atoms with Crippen LogP contribution >= 0.6 is 0 Å². The average Bonchev–Trinajstić information content (AvgIpc) is 2.53. The summed E-state index contributed by atoms with van der Waals surface area (Å²) in [5.74, 6) is 0.588. The summed E-state index contributed by atoms with van der Waals surface area (Å²) in [6.07, 6.45) is 16.5. The zero-order valence-corrected chi connectivity index (χ0v) is 13.3. The molecule has 0 fully saturated rings. The highest BCUT2D eigenvalue weighted by Crippen LogP contribution is 2.11. The van der Waals surface area contributed by atoms with Crippen molar-refractivity contribution in [2.24, 2.45) is 0 Å². The van der Waals surface area contributed by atoms with Gasteiger partial charge in [0.25, 0.3) is 0 Å². The van der Waals surface area contributed by atoms with E-state index < -0.39 is 0 Å². The molecule has 3 nitrogen and oxygen atoms in total. The van der Waals surface area contributed by atoms with E-state index in [9.17, 15) is 4.79 Å². The standard InChI is InChI=1S/C18H28NO2/c1-2-3-4-5-6-7-8-9-10-11-14-21-18-13-12-17(16-20)15-19-18/h12-13,15H,2-11,14H2,1H3. The molecule has 0 unspecified atom stereocenters. The molecule has 117 valence electrons. The van der Waals surface area contributed by atoms with Crippen LogP contribution in [0.2, 0.25) is 0 Å². The van der Waals surface area contributed by atoms with E-state index in [-0.39, 0.29) is 0 Å². The largest absolute Gasteiger partial charge is 0.478 e. The molecule has 0 spiro atoms. The van der Waals surface area contributed by atoms with Crippen molar-refractivity contribution in [1.82, 2.24) is 4.98 Å². The van der Waals surface area contributed by atoms with Gasteiger partial charge < -0.3 is 4.74 Å². The Morgan fingerprint density at radius 3 is 2.10 bits per heavy atom. The van der Waals surface area contributed by atoms with Gasteiger partial charge in [0.05, 0.1) is 6.61 Å². The summed E-state index contributed by atoms with van der Waals surface area (Å²) in [5, 5.41) is 0. The van der Waals surface area contributed by atoms with Crippen LogP contribution in [0.3, 0.4) is 0 Å². The van der Waals surface area contributed by atoms with Crippen LogP contribution in [-0.2, 0) is 4.79 Å². The van der Waals surface area contributed by atoms with Crippen LogP contribution in [0.15, 0.2) is 18.3 Å². The van der Waals surface area contributed by atoms with Gasteiger partial charge in [0.1, 0.15) is 0 Å². The van der Waals surface area contributed by atoms with Gasteiger partial charge in [0.15, 0.2) is 0 Å². The fraction of sp³-hybridized carbons (Fsp3) is 0.667. The maximum Gasteiger partial charge on any atom is 0.235 e. The van der Waals surface area contributed by atoms with Crippen LogP contribution in [0.1, 0.15) is 76.7 Å². The lowest BCUT2D eigenvalue weighted by Gasteiger charge is -2.05. The fourth-order valence-corrected chi connectivity index (χ4v) is 2.29. The van der Waals surface area contributed by atoms with E-state index in [0.29, 0.717) is 18.1 Å². The van der Waals surface area contributed by atoms with E-state index >= 15 is 0 Å². The second-order valence-electron chi connectivity index (χ2n) is 5.52. The maximum atomic E-state index is 10.4. The van der Waals surface area contributed by atoms with E-state index in [4.69, 9.17) is 4.74 Å². The summed E-state index contributed by atoms with van der Waals surface area (Å²) in [4.78, 5) is 14.4. The third-order valence-electron chi connectivity index (χ3n) is 3.60. The number of rotatable bonds is 13. The van der Waals surface area contributed by atoms with E-state index in [1.807, 2.05) is 0 Å². The Balaban J connectivity index is 1.89. The molecule has 0 saturated carbocycles. The van der Waals surface area contributed by atoms with Gasteiger partial charge >= 0.3 is 0 Å². The molecule has 0 N–H and O–H groups in total. The number of hydrogen-bond donors (Lipinski definition) is 0. The molecule has 0 atom stereocenters. The molecule has 21 heavy (non-hydrogen) atoms. The van der Waals surface area contributed by atoms with E-state index in [0.717, 1.165) is 6.42 Å². The predicted molar refractivity (Wildman–Crippen MR) is 86.4 cm³/mol. The first kappa shape index (κ1) is 17.7. The van der Waals surface area contributed by atoms with Gasteiger partial charge in [0.2, 0.25) is 12.2 Å². The van der Waals surface area contributed by atoms with E-state index in [1.54, 1.807) is 18.4 Å². The molecule has 1 heterocycles. The number of nitrogens with zero attached hydrogens (tertiary/aromatic N) is 1. The van der Waals surface area contributed by atoms with Gasteiger partial charge in [-0.15, -0.1) is 0 Å². The van der Waals surface area contributed by atoms with Crippen LogP contribution < -0.4 is 4.74 Å². The fourth-order valence-electron chi connectivity index (χ4n) is 2.29. The van der Waals surface area contributed by atoms with Crippen molar-refractivity contribution in [3.8, 4) is 5.88 Å². The number of carbonyl (C=O) groups excluding carboxylic acids is 1. The van der Waals surface area contributed by atoms with Crippen LogP contribution in [0.25, 0.3) is 0 Å². The number of pyridine rings is 1. The molecule has 3 heteroatoms. The Morgan fingerprint density at radius 2 is 1.57 bits per heavy atom. The Bertz CT molecular complexity index is 362. The van der Waals surface area contributed by atoms with Gasteiger partial charge in [-0.1, -0.05) is 64.7 Å². The third-order valence-corrected chi connectivity index (χ3v) is 3.60. The minimum Gasteiger partial charge on any atom is -0.478 e. The monoisotopic (exact) mass is 290 g/mol. The Morgan fingerprint density at radius 1 is 0.952 bits per heavy atom. The normalized spacial score (nSPS) is 10.5. The zero-order chi connectivity index (χ0) is 15.2. The second-order valence-corrected chi connectivity index (χ2v) is 5.52. The van der Waals surface area contributed by atoms with E-state index in [1.165, 1.54) is 64.0 Å². The lowest BCUT2D eigenvalue weighted by Crippen LogP contribution is -1.99. The van der Waals surface area contributed by atoms with Crippen molar-refractivity contribution in [2.45, 2.75) is 71.1 Å². The summed E-state index contributed by atoms with van der Waals surface area (Å²) in [5.41, 5.74) is 0.460. The van der Waals surface area contributed by atoms with Crippen molar-refractivity contribution in [1.29, 1.82) is 0 Å². The Hall–Kier alpha value is -1.38. The van der Waals surface area contributed by atoms with Crippen molar-refractivity contribution >= 4 is 6.29 Å². The molecular weight excluding hydrogens is 262 g/mol. The van der Waals surface area contributed by atoms with Crippen molar-refractivity contribution in [2.75, 3.05) is 6.61 Å². The molecule has 0 aliphatic heterocycles. The molecule has 1 rings (SSSR count). The van der Waals surface area contributed by atoms with Crippen molar-refractivity contribution in [3.05, 3.63) is 23.9 Å². The molecule has 0 aliphatic rings. The SMILES string of the molecule is CCCCCCCCCCCCOc1ccc([C]=O)cn1. The number of unbranched alkanes of at least 4 members (excludes halogenated alkanes) is 9. The summed E-state index contributed by atoms with van der Waals surface area (Å²) in [6.45, 7) is 2.96. The first-order chi connectivity index (χ1) is 10.4. The van der Waals surface area contributed by atoms with Gasteiger partial charge in [-0.2, -0.15) is 0 Å². The first-order valence-electron chi connectivity index (χ1n) is 8.34. The molecule has 1 radical (unpaired) electrons. The molecule has 1 aromatic heterocycles. The quantitative estimate of drug-likeness (QED) is 0.488. The smallest absolute Gasteiger partial charge is 0.235 e. The van der Waals surface area contributed by atoms with Gasteiger partial charge in [-0.25, -0.2) is 4.98 Å². The maximum absolute atomic E-state index is 10.4. The van der Waals surface area contributed by atoms with Crippen LogP contribution in [0, 0.1) is 0 Å². The molecule has 0 bridgehead atoms. The second kappa shape index (κ2) is 12.4. The average molecular weight is 290 g/mol. The number of ether oxygens (including phenoxy) is 1. The highest BCUT2D eigenvalue weighted by molar-refractivity contribution is 5.74. The van der Waals surface area contributed by atoms with Gasteiger partial charge in [-0.05, 0) is 12.5 Å². The Kier molecular flexibility index (Phi) is 10.4. The summed E-state index contributed by atoms with van der Waals surface area (Å²) >= 11 is 0. The van der Waals surface area contributed by atoms with E-state index in [2.05, 4.69) is 11.9 Å². The number of aromatic nitrogens is 1. The summed E-state index contributed by atoms with van der Waals surface area (Å²) in [7, 11) is 0. The number of hydrogen-bond acceptors (Lipinski definition) is 3. The predicted octanol–water partition coefficient (Wildman–Crippen LogP) is 4.84.